The molecule has 0 amide bonds. The number of rotatable bonds is 1. The smallest absolute Gasteiger partial charge is 0.0636 e. The van der Waals surface area contributed by atoms with Gasteiger partial charge in [0.1, 0.15) is 0 Å². The number of aromatic amines is 1. The predicted octanol–water partition coefficient (Wildman–Crippen LogP) is 0.994. The molecule has 0 bridgehead atoms. The molecular formula is C8H13N3. The fourth-order valence-corrected chi connectivity index (χ4v) is 1.62. The second-order valence-corrected chi connectivity index (χ2v) is 4.00. The van der Waals surface area contributed by atoms with E-state index in [9.17, 15) is 0 Å². The van der Waals surface area contributed by atoms with Gasteiger partial charge in [0.2, 0.25) is 0 Å². The molecule has 1 atom stereocenters. The molecule has 1 aromatic rings. The fourth-order valence-electron chi connectivity index (χ4n) is 1.62. The first-order chi connectivity index (χ1) is 5.06. The molecule has 1 aliphatic carbocycles. The van der Waals surface area contributed by atoms with E-state index >= 15 is 0 Å². The number of aromatic nitrogens is 2. The molecule has 1 aromatic heterocycles. The number of hydrogen-bond acceptors (Lipinski definition) is 2. The van der Waals surface area contributed by atoms with Crippen LogP contribution in [0, 0.1) is 5.41 Å². The van der Waals surface area contributed by atoms with Crippen LogP contribution >= 0.6 is 0 Å². The molecule has 1 heterocycles. The van der Waals surface area contributed by atoms with Crippen molar-refractivity contribution in [1.82, 2.24) is 10.2 Å². The Balaban J connectivity index is 2.33. The van der Waals surface area contributed by atoms with Gasteiger partial charge in [0.15, 0.2) is 0 Å². The largest absolute Gasteiger partial charge is 0.320 e. The Morgan fingerprint density at radius 2 is 2.27 bits per heavy atom. The summed E-state index contributed by atoms with van der Waals surface area (Å²) in [6, 6.07) is 1.95. The minimum absolute atomic E-state index is 0.149. The topological polar surface area (TPSA) is 54.7 Å². The maximum Gasteiger partial charge on any atom is 0.0636 e. The van der Waals surface area contributed by atoms with Gasteiger partial charge in [-0.05, 0) is 17.9 Å². The van der Waals surface area contributed by atoms with E-state index in [1.807, 2.05) is 6.07 Å². The van der Waals surface area contributed by atoms with Gasteiger partial charge in [-0.25, -0.2) is 0 Å². The van der Waals surface area contributed by atoms with Crippen molar-refractivity contribution in [2.24, 2.45) is 11.1 Å². The van der Waals surface area contributed by atoms with Crippen LogP contribution in [0.15, 0.2) is 12.3 Å². The zero-order chi connectivity index (χ0) is 8.11. The predicted molar refractivity (Wildman–Crippen MR) is 42.9 cm³/mol. The van der Waals surface area contributed by atoms with Gasteiger partial charge in [0.25, 0.3) is 0 Å². The van der Waals surface area contributed by atoms with Crippen LogP contribution in [-0.4, -0.2) is 10.2 Å². The highest BCUT2D eigenvalue weighted by Crippen LogP contribution is 2.59. The van der Waals surface area contributed by atoms with E-state index < -0.39 is 0 Å². The quantitative estimate of drug-likeness (QED) is 0.629. The number of nitrogens with one attached hydrogen (secondary N) is 1. The third-order valence-corrected chi connectivity index (χ3v) is 2.78. The van der Waals surface area contributed by atoms with Crippen LogP contribution in [0.1, 0.15) is 26.0 Å². The van der Waals surface area contributed by atoms with Crippen LogP contribution in [0.3, 0.4) is 0 Å². The van der Waals surface area contributed by atoms with E-state index in [2.05, 4.69) is 24.0 Å². The third kappa shape index (κ3) is 0.744. The molecule has 3 nitrogen and oxygen atoms in total. The van der Waals surface area contributed by atoms with Crippen molar-refractivity contribution in [3.63, 3.8) is 0 Å². The van der Waals surface area contributed by atoms with E-state index in [-0.39, 0.29) is 11.0 Å². The van der Waals surface area contributed by atoms with Crippen LogP contribution in [0.4, 0.5) is 0 Å². The Labute approximate surface area is 66.0 Å². The molecule has 1 fully saturated rings. The minimum atomic E-state index is -0.149. The Bertz CT molecular complexity index is 263. The first-order valence-electron chi connectivity index (χ1n) is 3.85. The second-order valence-electron chi connectivity index (χ2n) is 4.00. The van der Waals surface area contributed by atoms with Crippen LogP contribution in [-0.2, 0) is 5.54 Å². The molecule has 1 saturated carbocycles. The SMILES string of the molecule is CC1(C)CC1(N)c1ccn[nH]1. The van der Waals surface area contributed by atoms with E-state index in [1.165, 1.54) is 0 Å². The number of nitrogens with two attached hydrogens (primary N) is 1. The number of nitrogens with zero attached hydrogens (tertiary/aromatic N) is 1. The van der Waals surface area contributed by atoms with E-state index in [0.29, 0.717) is 0 Å². The summed E-state index contributed by atoms with van der Waals surface area (Å²) in [6.45, 7) is 4.35. The fraction of sp³-hybridized carbons (Fsp3) is 0.625. The minimum Gasteiger partial charge on any atom is -0.320 e. The molecule has 3 N–H and O–H groups in total. The Morgan fingerprint density at radius 3 is 2.64 bits per heavy atom. The van der Waals surface area contributed by atoms with Crippen LogP contribution in [0.25, 0.3) is 0 Å². The molecular weight excluding hydrogens is 138 g/mol. The lowest BCUT2D eigenvalue weighted by Gasteiger charge is -2.11. The van der Waals surface area contributed by atoms with Gasteiger partial charge in [-0.15, -0.1) is 0 Å². The molecule has 2 rings (SSSR count). The maximum absolute atomic E-state index is 6.12. The highest BCUT2D eigenvalue weighted by Gasteiger charge is 2.60. The molecule has 0 radical (unpaired) electrons. The summed E-state index contributed by atoms with van der Waals surface area (Å²) in [5.74, 6) is 0. The molecule has 0 spiro atoms. The average Bonchev–Trinajstić information content (AvgIpc) is 2.36. The van der Waals surface area contributed by atoms with Gasteiger partial charge in [-0.2, -0.15) is 5.10 Å². The summed E-state index contributed by atoms with van der Waals surface area (Å²) in [5, 5.41) is 6.81. The molecule has 0 aromatic carbocycles. The summed E-state index contributed by atoms with van der Waals surface area (Å²) in [4.78, 5) is 0. The number of hydrogen-bond donors (Lipinski definition) is 2. The van der Waals surface area contributed by atoms with Gasteiger partial charge in [-0.3, -0.25) is 5.10 Å². The van der Waals surface area contributed by atoms with Crippen molar-refractivity contribution in [1.29, 1.82) is 0 Å². The van der Waals surface area contributed by atoms with Crippen molar-refractivity contribution in [3.8, 4) is 0 Å². The van der Waals surface area contributed by atoms with Gasteiger partial charge in [-0.1, -0.05) is 13.8 Å². The van der Waals surface area contributed by atoms with Gasteiger partial charge in [0.05, 0.1) is 11.2 Å². The van der Waals surface area contributed by atoms with Gasteiger partial charge in [0, 0.05) is 6.20 Å². The summed E-state index contributed by atoms with van der Waals surface area (Å²) in [7, 11) is 0. The molecule has 0 aliphatic heterocycles. The summed E-state index contributed by atoms with van der Waals surface area (Å²) >= 11 is 0. The zero-order valence-corrected chi connectivity index (χ0v) is 6.89. The molecule has 1 aliphatic rings. The highest BCUT2D eigenvalue weighted by atomic mass is 15.1. The Kier molecular flexibility index (Phi) is 1.04. The van der Waals surface area contributed by atoms with Crippen molar-refractivity contribution >= 4 is 0 Å². The zero-order valence-electron chi connectivity index (χ0n) is 6.89. The molecule has 3 heteroatoms. The highest BCUT2D eigenvalue weighted by molar-refractivity contribution is 5.28. The van der Waals surface area contributed by atoms with Gasteiger partial charge < -0.3 is 5.73 Å². The summed E-state index contributed by atoms with van der Waals surface area (Å²) in [6.07, 6.45) is 2.79. The Morgan fingerprint density at radius 1 is 1.64 bits per heavy atom. The standard InChI is InChI=1S/C8H13N3/c1-7(2)5-8(7,9)6-3-4-10-11-6/h3-4H,5,9H2,1-2H3,(H,10,11). The van der Waals surface area contributed by atoms with Crippen molar-refractivity contribution in [2.75, 3.05) is 0 Å². The molecule has 0 saturated heterocycles. The van der Waals surface area contributed by atoms with E-state index in [0.717, 1.165) is 12.1 Å². The normalized spacial score (nSPS) is 33.7. The van der Waals surface area contributed by atoms with Crippen LogP contribution in [0.2, 0.25) is 0 Å². The van der Waals surface area contributed by atoms with Crippen LogP contribution < -0.4 is 5.73 Å². The monoisotopic (exact) mass is 151 g/mol. The third-order valence-electron chi connectivity index (χ3n) is 2.78. The molecule has 60 valence electrons. The van der Waals surface area contributed by atoms with Crippen molar-refractivity contribution in [2.45, 2.75) is 25.8 Å². The maximum atomic E-state index is 6.12. The first kappa shape index (κ1) is 6.85. The Hall–Kier alpha value is -0.830. The summed E-state index contributed by atoms with van der Waals surface area (Å²) in [5.41, 5.74) is 7.26. The molecule has 1 unspecified atom stereocenters. The summed E-state index contributed by atoms with van der Waals surface area (Å²) < 4.78 is 0. The second kappa shape index (κ2) is 1.67. The van der Waals surface area contributed by atoms with E-state index in [1.54, 1.807) is 6.20 Å². The lowest BCUT2D eigenvalue weighted by molar-refractivity contribution is 0.499. The van der Waals surface area contributed by atoms with Crippen molar-refractivity contribution < 1.29 is 0 Å². The number of H-pyrrole nitrogens is 1. The first-order valence-corrected chi connectivity index (χ1v) is 3.85. The average molecular weight is 151 g/mol. The van der Waals surface area contributed by atoms with Crippen molar-refractivity contribution in [3.05, 3.63) is 18.0 Å². The van der Waals surface area contributed by atoms with E-state index in [4.69, 9.17) is 5.73 Å². The lowest BCUT2D eigenvalue weighted by atomic mass is 10.0. The molecule has 11 heavy (non-hydrogen) atoms. The lowest BCUT2D eigenvalue weighted by Crippen LogP contribution is -2.25. The van der Waals surface area contributed by atoms with Gasteiger partial charge >= 0.3 is 0 Å². The van der Waals surface area contributed by atoms with Crippen LogP contribution in [0.5, 0.6) is 0 Å².